The van der Waals surface area contributed by atoms with Gasteiger partial charge in [-0.2, -0.15) is 10.5 Å². The summed E-state index contributed by atoms with van der Waals surface area (Å²) in [6, 6.07) is 12.3. The molecule has 1 unspecified atom stereocenters. The van der Waals surface area contributed by atoms with Crippen LogP contribution >= 0.6 is 0 Å². The summed E-state index contributed by atoms with van der Waals surface area (Å²) in [6.07, 6.45) is 0.0196. The minimum absolute atomic E-state index is 0.0196. The van der Waals surface area contributed by atoms with Gasteiger partial charge < -0.3 is 15.4 Å². The predicted octanol–water partition coefficient (Wildman–Crippen LogP) is 1.26. The van der Waals surface area contributed by atoms with Crippen LogP contribution in [0, 0.1) is 29.6 Å². The van der Waals surface area contributed by atoms with Crippen molar-refractivity contribution in [3.8, 4) is 12.1 Å². The third-order valence-corrected chi connectivity index (χ3v) is 3.98. The van der Waals surface area contributed by atoms with Gasteiger partial charge in [0.1, 0.15) is 18.0 Å². The van der Waals surface area contributed by atoms with Crippen molar-refractivity contribution in [2.75, 3.05) is 33.3 Å². The van der Waals surface area contributed by atoms with E-state index in [4.69, 9.17) is 15.3 Å². The van der Waals surface area contributed by atoms with Crippen LogP contribution in [0.2, 0.25) is 0 Å². The zero-order valence-corrected chi connectivity index (χ0v) is 14.2. The van der Waals surface area contributed by atoms with Gasteiger partial charge in [-0.1, -0.05) is 29.8 Å². The fourth-order valence-electron chi connectivity index (χ4n) is 2.65. The summed E-state index contributed by atoms with van der Waals surface area (Å²) in [4.78, 5) is 2.36. The third kappa shape index (κ3) is 4.99. The summed E-state index contributed by atoms with van der Waals surface area (Å²) >= 11 is 0. The van der Waals surface area contributed by atoms with Crippen LogP contribution in [0.25, 0.3) is 0 Å². The average molecular weight is 325 g/mol. The van der Waals surface area contributed by atoms with Crippen molar-refractivity contribution in [1.82, 2.24) is 15.5 Å². The average Bonchev–Trinajstić information content (AvgIpc) is 2.61. The van der Waals surface area contributed by atoms with Crippen LogP contribution in [0.5, 0.6) is 0 Å². The van der Waals surface area contributed by atoms with E-state index < -0.39 is 0 Å². The van der Waals surface area contributed by atoms with Crippen LogP contribution in [0.1, 0.15) is 11.1 Å². The Kier molecular flexibility index (Phi) is 6.62. The van der Waals surface area contributed by atoms with Crippen molar-refractivity contribution in [2.45, 2.75) is 19.6 Å². The Bertz CT molecular complexity index is 637. The SMILES string of the molecule is CNC(NCC1CN(Cc2ccc(C)cc2)CCO1)=C(C#N)C#N. The van der Waals surface area contributed by atoms with E-state index in [9.17, 15) is 0 Å². The Morgan fingerprint density at radius 1 is 1.29 bits per heavy atom. The number of aryl methyl sites for hydroxylation is 1. The number of nitriles is 2. The first-order chi connectivity index (χ1) is 11.7. The molecule has 1 atom stereocenters. The number of benzene rings is 1. The van der Waals surface area contributed by atoms with Gasteiger partial charge in [0.25, 0.3) is 0 Å². The first-order valence-corrected chi connectivity index (χ1v) is 8.02. The zero-order valence-electron chi connectivity index (χ0n) is 14.2. The first-order valence-electron chi connectivity index (χ1n) is 8.02. The molecular weight excluding hydrogens is 302 g/mol. The second kappa shape index (κ2) is 8.93. The second-order valence-electron chi connectivity index (χ2n) is 5.82. The highest BCUT2D eigenvalue weighted by atomic mass is 16.5. The molecule has 1 fully saturated rings. The molecule has 0 aromatic heterocycles. The Balaban J connectivity index is 1.89. The summed E-state index contributed by atoms with van der Waals surface area (Å²) in [7, 11) is 1.68. The number of morpholine rings is 1. The molecule has 24 heavy (non-hydrogen) atoms. The molecule has 126 valence electrons. The molecule has 1 heterocycles. The van der Waals surface area contributed by atoms with E-state index in [0.29, 0.717) is 19.0 Å². The molecule has 6 nitrogen and oxygen atoms in total. The van der Waals surface area contributed by atoms with Crippen molar-refractivity contribution in [3.05, 3.63) is 46.8 Å². The van der Waals surface area contributed by atoms with Gasteiger partial charge in [-0.25, -0.2) is 0 Å². The number of nitrogens with one attached hydrogen (secondary N) is 2. The third-order valence-electron chi connectivity index (χ3n) is 3.98. The van der Waals surface area contributed by atoms with Crippen molar-refractivity contribution < 1.29 is 4.74 Å². The van der Waals surface area contributed by atoms with Crippen molar-refractivity contribution >= 4 is 0 Å². The monoisotopic (exact) mass is 325 g/mol. The summed E-state index contributed by atoms with van der Waals surface area (Å²) in [5, 5.41) is 23.8. The summed E-state index contributed by atoms with van der Waals surface area (Å²) < 4.78 is 5.79. The maximum absolute atomic E-state index is 8.94. The molecule has 1 aliphatic heterocycles. The lowest BCUT2D eigenvalue weighted by molar-refractivity contribution is -0.0290. The Morgan fingerprint density at radius 3 is 2.62 bits per heavy atom. The molecule has 6 heteroatoms. The largest absolute Gasteiger partial charge is 0.374 e. The van der Waals surface area contributed by atoms with Crippen LogP contribution in [-0.4, -0.2) is 44.3 Å². The van der Waals surface area contributed by atoms with Gasteiger partial charge in [0.2, 0.25) is 0 Å². The lowest BCUT2D eigenvalue weighted by atomic mass is 10.1. The molecule has 0 aliphatic carbocycles. The van der Waals surface area contributed by atoms with Crippen LogP contribution in [-0.2, 0) is 11.3 Å². The normalized spacial score (nSPS) is 17.4. The molecule has 1 aromatic rings. The van der Waals surface area contributed by atoms with Gasteiger partial charge in [-0.15, -0.1) is 0 Å². The molecule has 0 spiro atoms. The second-order valence-corrected chi connectivity index (χ2v) is 5.82. The molecule has 0 radical (unpaired) electrons. The molecule has 1 aliphatic rings. The fraction of sp³-hybridized carbons (Fsp3) is 0.444. The molecule has 0 amide bonds. The van der Waals surface area contributed by atoms with E-state index >= 15 is 0 Å². The Labute approximate surface area is 143 Å². The lowest BCUT2D eigenvalue weighted by Gasteiger charge is -2.33. The number of nitrogens with zero attached hydrogens (tertiary/aromatic N) is 3. The first kappa shape index (κ1) is 17.8. The van der Waals surface area contributed by atoms with Gasteiger partial charge in [0, 0.05) is 33.2 Å². The van der Waals surface area contributed by atoms with Gasteiger partial charge in [0.15, 0.2) is 5.57 Å². The molecule has 2 rings (SSSR count). The minimum atomic E-state index is 0.0196. The quantitative estimate of drug-likeness (QED) is 0.766. The highest BCUT2D eigenvalue weighted by Crippen LogP contribution is 2.11. The molecule has 0 saturated carbocycles. The van der Waals surface area contributed by atoms with Crippen LogP contribution in [0.3, 0.4) is 0 Å². The fourth-order valence-corrected chi connectivity index (χ4v) is 2.65. The highest BCUT2D eigenvalue weighted by molar-refractivity contribution is 5.38. The summed E-state index contributed by atoms with van der Waals surface area (Å²) in [6.45, 7) is 5.93. The lowest BCUT2D eigenvalue weighted by Crippen LogP contribution is -2.46. The van der Waals surface area contributed by atoms with Gasteiger partial charge in [0.05, 0.1) is 12.7 Å². The van der Waals surface area contributed by atoms with Crippen molar-refractivity contribution in [3.63, 3.8) is 0 Å². The molecule has 1 aromatic carbocycles. The standard InChI is InChI=1S/C18H23N5O/c1-14-3-5-15(6-4-14)12-23-7-8-24-17(13-23)11-22-18(21-2)16(9-19)10-20/h3-6,17,21-22H,7-8,11-13H2,1-2H3. The van der Waals surface area contributed by atoms with Gasteiger partial charge in [-0.05, 0) is 12.5 Å². The van der Waals surface area contributed by atoms with Crippen molar-refractivity contribution in [1.29, 1.82) is 10.5 Å². The maximum atomic E-state index is 8.94. The molecule has 0 bridgehead atoms. The van der Waals surface area contributed by atoms with E-state index in [1.165, 1.54) is 11.1 Å². The summed E-state index contributed by atoms with van der Waals surface area (Å²) in [5.74, 6) is 0.444. The van der Waals surface area contributed by atoms with E-state index in [1.807, 2.05) is 12.1 Å². The van der Waals surface area contributed by atoms with E-state index in [0.717, 1.165) is 19.6 Å². The van der Waals surface area contributed by atoms with Gasteiger partial charge >= 0.3 is 0 Å². The predicted molar refractivity (Wildman–Crippen MR) is 91.5 cm³/mol. The highest BCUT2D eigenvalue weighted by Gasteiger charge is 2.21. The minimum Gasteiger partial charge on any atom is -0.374 e. The number of ether oxygens (including phenoxy) is 1. The van der Waals surface area contributed by atoms with Crippen LogP contribution < -0.4 is 10.6 Å². The Morgan fingerprint density at radius 2 is 2.00 bits per heavy atom. The smallest absolute Gasteiger partial charge is 0.169 e. The number of hydrogen-bond donors (Lipinski definition) is 2. The molecule has 2 N–H and O–H groups in total. The topological polar surface area (TPSA) is 84.1 Å². The maximum Gasteiger partial charge on any atom is 0.169 e. The molecule has 1 saturated heterocycles. The van der Waals surface area contributed by atoms with Crippen LogP contribution in [0.4, 0.5) is 0 Å². The number of rotatable bonds is 6. The van der Waals surface area contributed by atoms with Gasteiger partial charge in [-0.3, -0.25) is 4.90 Å². The zero-order chi connectivity index (χ0) is 17.4. The Hall–Kier alpha value is -2.54. The van der Waals surface area contributed by atoms with E-state index in [2.05, 4.69) is 46.7 Å². The van der Waals surface area contributed by atoms with Crippen LogP contribution in [0.15, 0.2) is 35.7 Å². The molecular formula is C18H23N5O. The summed E-state index contributed by atoms with van der Waals surface area (Å²) in [5.41, 5.74) is 2.60. The van der Waals surface area contributed by atoms with E-state index in [-0.39, 0.29) is 11.7 Å². The van der Waals surface area contributed by atoms with E-state index in [1.54, 1.807) is 7.05 Å². The number of hydrogen-bond acceptors (Lipinski definition) is 6. The number of allylic oxidation sites excluding steroid dienone is 1. The van der Waals surface area contributed by atoms with Crippen molar-refractivity contribution in [2.24, 2.45) is 0 Å².